The maximum Gasteiger partial charge on any atom is 0.420 e. The van der Waals surface area contributed by atoms with Crippen molar-refractivity contribution in [2.24, 2.45) is 0 Å². The third-order valence-electron chi connectivity index (χ3n) is 7.53. The van der Waals surface area contributed by atoms with Gasteiger partial charge in [-0.05, 0) is 109 Å². The number of imide groups is 1. The summed E-state index contributed by atoms with van der Waals surface area (Å²) in [5.74, 6) is -0.167. The number of carbonyl (C=O) groups excluding carboxylic acids is 2. The predicted octanol–water partition coefficient (Wildman–Crippen LogP) is 8.73. The molecule has 0 spiro atoms. The third-order valence-corrected chi connectivity index (χ3v) is 7.53. The van der Waals surface area contributed by atoms with Gasteiger partial charge in [0.15, 0.2) is 17.0 Å². The van der Waals surface area contributed by atoms with Crippen LogP contribution in [0.4, 0.5) is 15.3 Å². The number of pyridine rings is 1. The standard InChI is InChI=1S/C40H49N3O8/c1-10-48-34-20-30(17-19-33(34)49-26(2)3)40(35(44)45,22-27-14-12-11-13-15-27)42-31-18-16-28-23-41-24-29(32(28)21-31)25-43(36(46)50-38(4,5)6)37(47)51-39(7,8)9/h11-21,23-24,26,42H,10,22,25H2,1-9H3,(H,44,45). The number of hydrogen-bond acceptors (Lipinski definition) is 9. The fraction of sp³-hybridized carbons (Fsp3) is 0.400. The zero-order chi connectivity index (χ0) is 37.6. The van der Waals surface area contributed by atoms with Gasteiger partial charge in [0.1, 0.15) is 11.2 Å². The number of aliphatic carboxylic acids is 1. The summed E-state index contributed by atoms with van der Waals surface area (Å²) in [6.45, 7) is 16.1. The summed E-state index contributed by atoms with van der Waals surface area (Å²) in [6.07, 6.45) is 1.45. The SMILES string of the molecule is CCOc1cc(C(Cc2ccccc2)(Nc2ccc3cncc(CN(C(=O)OC(C)(C)C)C(=O)OC(C)(C)C)c3c2)C(=O)O)ccc1OC(C)C. The number of nitrogens with zero attached hydrogens (tertiary/aromatic N) is 2. The average molecular weight is 700 g/mol. The molecule has 4 rings (SSSR count). The number of rotatable bonds is 12. The van der Waals surface area contributed by atoms with Crippen LogP contribution in [-0.4, -0.2) is 57.1 Å². The van der Waals surface area contributed by atoms with Crippen molar-refractivity contribution in [1.82, 2.24) is 9.88 Å². The van der Waals surface area contributed by atoms with E-state index >= 15 is 0 Å². The quantitative estimate of drug-likeness (QED) is 0.148. The predicted molar refractivity (Wildman–Crippen MR) is 196 cm³/mol. The first-order valence-corrected chi connectivity index (χ1v) is 17.0. The van der Waals surface area contributed by atoms with Gasteiger partial charge in [-0.15, -0.1) is 0 Å². The molecule has 0 saturated heterocycles. The van der Waals surface area contributed by atoms with Gasteiger partial charge in [0, 0.05) is 29.9 Å². The van der Waals surface area contributed by atoms with E-state index in [0.717, 1.165) is 10.5 Å². The van der Waals surface area contributed by atoms with E-state index in [2.05, 4.69) is 10.3 Å². The van der Waals surface area contributed by atoms with Crippen molar-refractivity contribution in [2.75, 3.05) is 11.9 Å². The largest absolute Gasteiger partial charge is 0.490 e. The Kier molecular flexibility index (Phi) is 11.8. The molecule has 1 atom stereocenters. The molecule has 51 heavy (non-hydrogen) atoms. The van der Waals surface area contributed by atoms with Crippen LogP contribution in [0.1, 0.15) is 79.0 Å². The second kappa shape index (κ2) is 15.7. The fourth-order valence-electron chi connectivity index (χ4n) is 5.45. The Labute approximate surface area is 299 Å². The smallest absolute Gasteiger partial charge is 0.420 e. The zero-order valence-corrected chi connectivity index (χ0v) is 30.9. The number of aromatic nitrogens is 1. The van der Waals surface area contributed by atoms with Crippen molar-refractivity contribution in [3.05, 3.63) is 95.8 Å². The second-order valence-electron chi connectivity index (χ2n) is 14.5. The highest BCUT2D eigenvalue weighted by atomic mass is 16.6. The molecule has 11 nitrogen and oxygen atoms in total. The Morgan fingerprint density at radius 2 is 1.49 bits per heavy atom. The van der Waals surface area contributed by atoms with Gasteiger partial charge in [-0.3, -0.25) is 4.98 Å². The normalized spacial score (nSPS) is 12.9. The molecule has 272 valence electrons. The van der Waals surface area contributed by atoms with E-state index in [-0.39, 0.29) is 19.1 Å². The lowest BCUT2D eigenvalue weighted by Crippen LogP contribution is -2.45. The minimum atomic E-state index is -1.66. The number of carboxylic acids is 1. The topological polar surface area (TPSA) is 137 Å². The summed E-state index contributed by atoms with van der Waals surface area (Å²) in [5, 5.41) is 15.8. The van der Waals surface area contributed by atoms with Crippen molar-refractivity contribution < 1.29 is 38.4 Å². The van der Waals surface area contributed by atoms with Crippen molar-refractivity contribution in [1.29, 1.82) is 0 Å². The molecule has 0 saturated carbocycles. The van der Waals surface area contributed by atoms with Crippen LogP contribution in [0.15, 0.2) is 79.1 Å². The summed E-state index contributed by atoms with van der Waals surface area (Å²) >= 11 is 0. The number of anilines is 1. The van der Waals surface area contributed by atoms with Crippen molar-refractivity contribution in [3.63, 3.8) is 0 Å². The zero-order valence-electron chi connectivity index (χ0n) is 30.9. The van der Waals surface area contributed by atoms with Crippen LogP contribution < -0.4 is 14.8 Å². The number of carboxylic acid groups (broad SMARTS) is 1. The molecule has 0 aliphatic rings. The molecular formula is C40H49N3O8. The van der Waals surface area contributed by atoms with E-state index in [9.17, 15) is 19.5 Å². The minimum Gasteiger partial charge on any atom is -0.490 e. The molecule has 0 fully saturated rings. The van der Waals surface area contributed by atoms with Crippen LogP contribution in [0, 0.1) is 0 Å². The van der Waals surface area contributed by atoms with Gasteiger partial charge in [-0.1, -0.05) is 42.5 Å². The lowest BCUT2D eigenvalue weighted by atomic mass is 9.83. The van der Waals surface area contributed by atoms with E-state index in [1.165, 1.54) is 0 Å². The maximum absolute atomic E-state index is 13.6. The highest BCUT2D eigenvalue weighted by Crippen LogP contribution is 2.38. The number of hydrogen-bond donors (Lipinski definition) is 2. The van der Waals surface area contributed by atoms with Crippen LogP contribution in [0.5, 0.6) is 11.5 Å². The lowest BCUT2D eigenvalue weighted by Gasteiger charge is -2.33. The van der Waals surface area contributed by atoms with E-state index in [4.69, 9.17) is 18.9 Å². The first kappa shape index (κ1) is 38.5. The van der Waals surface area contributed by atoms with Gasteiger partial charge in [-0.2, -0.15) is 0 Å². The monoisotopic (exact) mass is 699 g/mol. The van der Waals surface area contributed by atoms with Gasteiger partial charge in [0.2, 0.25) is 0 Å². The van der Waals surface area contributed by atoms with E-state index in [1.807, 2.05) is 51.1 Å². The maximum atomic E-state index is 13.6. The van der Waals surface area contributed by atoms with Gasteiger partial charge < -0.3 is 29.4 Å². The van der Waals surface area contributed by atoms with Gasteiger partial charge >= 0.3 is 18.2 Å². The Morgan fingerprint density at radius 1 is 0.843 bits per heavy atom. The van der Waals surface area contributed by atoms with Gasteiger partial charge in [-0.25, -0.2) is 19.3 Å². The van der Waals surface area contributed by atoms with E-state index in [1.54, 1.807) is 90.3 Å². The highest BCUT2D eigenvalue weighted by Gasteiger charge is 2.42. The Bertz CT molecular complexity index is 1820. The van der Waals surface area contributed by atoms with E-state index < -0.39 is 34.9 Å². The molecule has 0 aliphatic carbocycles. The third kappa shape index (κ3) is 10.1. The molecule has 3 aromatic carbocycles. The number of benzene rings is 3. The highest BCUT2D eigenvalue weighted by molar-refractivity contribution is 5.92. The molecule has 2 amide bonds. The molecule has 2 N–H and O–H groups in total. The Hall–Kier alpha value is -5.32. The fourth-order valence-corrected chi connectivity index (χ4v) is 5.45. The van der Waals surface area contributed by atoms with Crippen LogP contribution in [-0.2, 0) is 32.8 Å². The van der Waals surface area contributed by atoms with Gasteiger partial charge in [0.25, 0.3) is 0 Å². The second-order valence-corrected chi connectivity index (χ2v) is 14.5. The minimum absolute atomic E-state index is 0.0887. The number of fused-ring (bicyclic) bond motifs is 1. The number of nitrogens with one attached hydrogen (secondary N) is 1. The molecule has 0 aliphatic heterocycles. The first-order valence-electron chi connectivity index (χ1n) is 17.0. The molecule has 1 heterocycles. The average Bonchev–Trinajstić information content (AvgIpc) is 3.02. The lowest BCUT2D eigenvalue weighted by molar-refractivity contribution is -0.142. The van der Waals surface area contributed by atoms with Crippen molar-refractivity contribution in [2.45, 2.75) is 98.1 Å². The molecule has 1 unspecified atom stereocenters. The van der Waals surface area contributed by atoms with Crippen molar-refractivity contribution in [3.8, 4) is 11.5 Å². The summed E-state index contributed by atoms with van der Waals surface area (Å²) in [4.78, 5) is 45.5. The Balaban J connectivity index is 1.84. The molecule has 4 aromatic rings. The Morgan fingerprint density at radius 3 is 2.06 bits per heavy atom. The molecule has 0 radical (unpaired) electrons. The number of amides is 2. The molecule has 0 bridgehead atoms. The van der Waals surface area contributed by atoms with Crippen LogP contribution in [0.3, 0.4) is 0 Å². The molecular weight excluding hydrogens is 650 g/mol. The van der Waals surface area contributed by atoms with Crippen LogP contribution in [0.25, 0.3) is 10.8 Å². The van der Waals surface area contributed by atoms with E-state index in [0.29, 0.717) is 45.7 Å². The molecule has 1 aromatic heterocycles. The first-order chi connectivity index (χ1) is 23.9. The van der Waals surface area contributed by atoms with Gasteiger partial charge in [0.05, 0.1) is 19.3 Å². The number of carbonyl (C=O) groups is 3. The molecule has 11 heteroatoms. The van der Waals surface area contributed by atoms with Crippen LogP contribution >= 0.6 is 0 Å². The summed E-state index contributed by atoms with van der Waals surface area (Å²) in [5.41, 5.74) is -1.15. The summed E-state index contributed by atoms with van der Waals surface area (Å²) < 4.78 is 23.0. The summed E-state index contributed by atoms with van der Waals surface area (Å²) in [7, 11) is 0. The van der Waals surface area contributed by atoms with Crippen molar-refractivity contribution >= 4 is 34.6 Å². The number of ether oxygens (including phenoxy) is 4. The van der Waals surface area contributed by atoms with Crippen LogP contribution in [0.2, 0.25) is 0 Å². The summed E-state index contributed by atoms with van der Waals surface area (Å²) in [6, 6.07) is 19.9.